The van der Waals surface area contributed by atoms with E-state index in [0.29, 0.717) is 44.6 Å². The minimum Gasteiger partial charge on any atom is -0.383 e. The monoisotopic (exact) mass is 386 g/mol. The molecule has 2 aromatic rings. The molecule has 150 valence electrons. The van der Waals surface area contributed by atoms with Gasteiger partial charge in [-0.25, -0.2) is 4.39 Å². The number of carbonyl (C=O) groups excluding carboxylic acids is 1. The van der Waals surface area contributed by atoms with Crippen LogP contribution in [-0.2, 0) is 20.7 Å². The van der Waals surface area contributed by atoms with Gasteiger partial charge in [-0.2, -0.15) is 0 Å². The van der Waals surface area contributed by atoms with Crippen molar-refractivity contribution in [3.63, 3.8) is 0 Å². The molecule has 1 unspecified atom stereocenters. The van der Waals surface area contributed by atoms with Crippen molar-refractivity contribution in [1.82, 2.24) is 10.3 Å². The average molecular weight is 386 g/mol. The van der Waals surface area contributed by atoms with Crippen molar-refractivity contribution < 1.29 is 18.7 Å². The van der Waals surface area contributed by atoms with Crippen molar-refractivity contribution >= 4 is 5.91 Å². The molecule has 3 rings (SSSR count). The third kappa shape index (κ3) is 4.75. The van der Waals surface area contributed by atoms with Gasteiger partial charge in [-0.15, -0.1) is 0 Å². The van der Waals surface area contributed by atoms with E-state index in [4.69, 9.17) is 9.47 Å². The molecule has 0 spiro atoms. The molecule has 1 amide bonds. The van der Waals surface area contributed by atoms with Crippen LogP contribution in [0.25, 0.3) is 11.1 Å². The Morgan fingerprint density at radius 1 is 1.32 bits per heavy atom. The van der Waals surface area contributed by atoms with E-state index in [1.54, 1.807) is 25.6 Å². The van der Waals surface area contributed by atoms with E-state index in [-0.39, 0.29) is 17.8 Å². The minimum atomic E-state index is -0.670. The van der Waals surface area contributed by atoms with E-state index in [1.807, 2.05) is 25.1 Å². The predicted octanol–water partition coefficient (Wildman–Crippen LogP) is 3.38. The molecule has 1 aliphatic heterocycles. The molecule has 0 aliphatic carbocycles. The molecular formula is C22H27FN2O3. The Bertz CT molecular complexity index is 792. The predicted molar refractivity (Wildman–Crippen MR) is 105 cm³/mol. The quantitative estimate of drug-likeness (QED) is 0.793. The fourth-order valence-corrected chi connectivity index (χ4v) is 3.68. The lowest BCUT2D eigenvalue weighted by molar-refractivity contribution is -0.137. The number of benzene rings is 1. The van der Waals surface area contributed by atoms with Gasteiger partial charge in [-0.3, -0.25) is 9.78 Å². The van der Waals surface area contributed by atoms with Crippen LogP contribution in [0.4, 0.5) is 4.39 Å². The van der Waals surface area contributed by atoms with E-state index in [0.717, 1.165) is 11.1 Å². The summed E-state index contributed by atoms with van der Waals surface area (Å²) in [5, 5.41) is 3.02. The number of methoxy groups -OCH3 is 1. The SMILES string of the molecule is COCC(C)NC(=O)C1(Cc2ccc(-c3cccnc3)cc2F)CCOCC1. The summed E-state index contributed by atoms with van der Waals surface area (Å²) in [5.41, 5.74) is 1.51. The number of pyridine rings is 1. The molecule has 1 aliphatic rings. The summed E-state index contributed by atoms with van der Waals surface area (Å²) in [5.74, 6) is -0.360. The summed E-state index contributed by atoms with van der Waals surface area (Å²) >= 11 is 0. The molecular weight excluding hydrogens is 359 g/mol. The maximum absolute atomic E-state index is 14.9. The van der Waals surface area contributed by atoms with Crippen molar-refractivity contribution in [2.24, 2.45) is 5.41 Å². The van der Waals surface area contributed by atoms with Crippen LogP contribution in [0.1, 0.15) is 25.3 Å². The molecule has 1 fully saturated rings. The highest BCUT2D eigenvalue weighted by atomic mass is 19.1. The van der Waals surface area contributed by atoms with Crippen molar-refractivity contribution in [3.8, 4) is 11.1 Å². The van der Waals surface area contributed by atoms with Crippen molar-refractivity contribution in [2.75, 3.05) is 26.9 Å². The number of rotatable bonds is 7. The van der Waals surface area contributed by atoms with Crippen molar-refractivity contribution in [3.05, 3.63) is 54.1 Å². The second kappa shape index (κ2) is 9.26. The Kier molecular flexibility index (Phi) is 6.75. The van der Waals surface area contributed by atoms with Crippen LogP contribution in [0.15, 0.2) is 42.7 Å². The van der Waals surface area contributed by atoms with E-state index in [1.165, 1.54) is 6.07 Å². The van der Waals surface area contributed by atoms with Gasteiger partial charge in [0.2, 0.25) is 5.91 Å². The normalized spacial score (nSPS) is 17.1. The maximum Gasteiger partial charge on any atom is 0.227 e. The Balaban J connectivity index is 1.82. The molecule has 2 heterocycles. The number of aromatic nitrogens is 1. The topological polar surface area (TPSA) is 60.5 Å². The van der Waals surface area contributed by atoms with Gasteiger partial charge < -0.3 is 14.8 Å². The fourth-order valence-electron chi connectivity index (χ4n) is 3.68. The van der Waals surface area contributed by atoms with Gasteiger partial charge in [0, 0.05) is 44.3 Å². The van der Waals surface area contributed by atoms with Gasteiger partial charge in [0.25, 0.3) is 0 Å². The van der Waals surface area contributed by atoms with Gasteiger partial charge in [0.1, 0.15) is 5.82 Å². The number of amides is 1. The summed E-state index contributed by atoms with van der Waals surface area (Å²) in [7, 11) is 1.60. The molecule has 0 bridgehead atoms. The summed E-state index contributed by atoms with van der Waals surface area (Å²) in [4.78, 5) is 17.1. The minimum absolute atomic E-state index is 0.0592. The number of ether oxygens (including phenoxy) is 2. The number of nitrogens with one attached hydrogen (secondary N) is 1. The van der Waals surface area contributed by atoms with Crippen LogP contribution in [0.5, 0.6) is 0 Å². The number of halogens is 1. The Morgan fingerprint density at radius 2 is 2.11 bits per heavy atom. The molecule has 1 N–H and O–H groups in total. The lowest BCUT2D eigenvalue weighted by Crippen LogP contribution is -2.49. The first-order valence-corrected chi connectivity index (χ1v) is 9.60. The van der Waals surface area contributed by atoms with E-state index in [2.05, 4.69) is 10.3 Å². The van der Waals surface area contributed by atoms with Gasteiger partial charge in [-0.05, 0) is 49.4 Å². The molecule has 0 radical (unpaired) electrons. The van der Waals surface area contributed by atoms with Gasteiger partial charge in [0.15, 0.2) is 0 Å². The summed E-state index contributed by atoms with van der Waals surface area (Å²) < 4.78 is 25.5. The smallest absolute Gasteiger partial charge is 0.227 e. The van der Waals surface area contributed by atoms with Gasteiger partial charge in [0.05, 0.1) is 12.0 Å². The number of carbonyl (C=O) groups is 1. The average Bonchev–Trinajstić information content (AvgIpc) is 2.71. The highest BCUT2D eigenvalue weighted by Crippen LogP contribution is 2.36. The second-order valence-corrected chi connectivity index (χ2v) is 7.45. The van der Waals surface area contributed by atoms with Gasteiger partial charge >= 0.3 is 0 Å². The summed E-state index contributed by atoms with van der Waals surface area (Å²) in [6, 6.07) is 8.80. The zero-order chi connectivity index (χ0) is 20.0. The van der Waals surface area contributed by atoms with Crippen LogP contribution < -0.4 is 5.32 Å². The Labute approximate surface area is 165 Å². The molecule has 0 saturated carbocycles. The third-order valence-electron chi connectivity index (χ3n) is 5.30. The van der Waals surface area contributed by atoms with E-state index in [9.17, 15) is 9.18 Å². The molecule has 1 saturated heterocycles. The van der Waals surface area contributed by atoms with E-state index >= 15 is 0 Å². The van der Waals surface area contributed by atoms with E-state index < -0.39 is 5.41 Å². The van der Waals surface area contributed by atoms with Crippen LogP contribution in [0, 0.1) is 11.2 Å². The lowest BCUT2D eigenvalue weighted by Gasteiger charge is -2.37. The molecule has 28 heavy (non-hydrogen) atoms. The number of hydrogen-bond donors (Lipinski definition) is 1. The zero-order valence-corrected chi connectivity index (χ0v) is 16.4. The lowest BCUT2D eigenvalue weighted by atomic mass is 9.74. The van der Waals surface area contributed by atoms with Crippen LogP contribution in [0.3, 0.4) is 0 Å². The van der Waals surface area contributed by atoms with Crippen LogP contribution in [-0.4, -0.2) is 43.9 Å². The van der Waals surface area contributed by atoms with Crippen LogP contribution >= 0.6 is 0 Å². The summed E-state index contributed by atoms with van der Waals surface area (Å²) in [6.07, 6.45) is 4.89. The standard InChI is InChI=1S/C22H27FN2O3/c1-16(15-27-2)25-21(26)22(7-10-28-11-8-22)13-18-6-5-17(12-20(18)23)19-4-3-9-24-14-19/h3-6,9,12,14,16H,7-8,10-11,13,15H2,1-2H3,(H,25,26). The van der Waals surface area contributed by atoms with Crippen LogP contribution in [0.2, 0.25) is 0 Å². The molecule has 1 aromatic carbocycles. The molecule has 5 nitrogen and oxygen atoms in total. The highest BCUT2D eigenvalue weighted by Gasteiger charge is 2.41. The zero-order valence-electron chi connectivity index (χ0n) is 16.4. The summed E-state index contributed by atoms with van der Waals surface area (Å²) in [6.45, 7) is 3.34. The first-order chi connectivity index (χ1) is 13.5. The largest absolute Gasteiger partial charge is 0.383 e. The molecule has 1 aromatic heterocycles. The van der Waals surface area contributed by atoms with Gasteiger partial charge in [-0.1, -0.05) is 18.2 Å². The van der Waals surface area contributed by atoms with Crippen molar-refractivity contribution in [2.45, 2.75) is 32.2 Å². The second-order valence-electron chi connectivity index (χ2n) is 7.45. The van der Waals surface area contributed by atoms with Crippen molar-refractivity contribution in [1.29, 1.82) is 0 Å². The molecule has 6 heteroatoms. The third-order valence-corrected chi connectivity index (χ3v) is 5.30. The molecule has 1 atom stereocenters. The maximum atomic E-state index is 14.9. The highest BCUT2D eigenvalue weighted by molar-refractivity contribution is 5.83. The number of nitrogens with zero attached hydrogens (tertiary/aromatic N) is 1. The first kappa shape index (κ1) is 20.4. The first-order valence-electron chi connectivity index (χ1n) is 9.60. The fraction of sp³-hybridized carbons (Fsp3) is 0.455. The number of hydrogen-bond acceptors (Lipinski definition) is 4. The Hall–Kier alpha value is -2.31. The Morgan fingerprint density at radius 3 is 2.75 bits per heavy atom.